The minimum absolute atomic E-state index is 0.140. The molecule has 5 rings (SSSR count). The summed E-state index contributed by atoms with van der Waals surface area (Å²) >= 11 is 8.02. The maximum Gasteiger partial charge on any atom is 0.262 e. The van der Waals surface area contributed by atoms with Crippen LogP contribution in [0, 0.1) is 0 Å². The number of ether oxygens (including phenoxy) is 2. The summed E-state index contributed by atoms with van der Waals surface area (Å²) in [5.41, 5.74) is 8.28. The van der Waals surface area contributed by atoms with Crippen LogP contribution in [-0.2, 0) is 0 Å². The van der Waals surface area contributed by atoms with Crippen molar-refractivity contribution in [1.82, 2.24) is 14.5 Å². The van der Waals surface area contributed by atoms with Gasteiger partial charge in [-0.25, -0.2) is 4.98 Å². The van der Waals surface area contributed by atoms with E-state index in [4.69, 9.17) is 26.8 Å². The van der Waals surface area contributed by atoms with E-state index >= 15 is 0 Å². The van der Waals surface area contributed by atoms with Crippen LogP contribution in [0.5, 0.6) is 11.5 Å². The lowest BCUT2D eigenvalue weighted by Gasteiger charge is -2.30. The summed E-state index contributed by atoms with van der Waals surface area (Å²) in [4.78, 5) is 19.3. The number of fused-ring (bicyclic) bond motifs is 1. The first-order valence-electron chi connectivity index (χ1n) is 11.6. The number of imidazole rings is 1. The lowest BCUT2D eigenvalue weighted by Crippen LogP contribution is -2.35. The second-order valence-corrected chi connectivity index (χ2v) is 10.2. The van der Waals surface area contributed by atoms with Crippen molar-refractivity contribution in [3.8, 4) is 16.5 Å². The molecular weight excluding hydrogens is 484 g/mol. The Hall–Kier alpha value is -3.07. The average Bonchev–Trinajstić information content (AvgIpc) is 3.46. The molecule has 9 heteroatoms. The zero-order valence-electron chi connectivity index (χ0n) is 19.6. The number of benzene rings is 2. The molecule has 1 atom stereocenters. The van der Waals surface area contributed by atoms with E-state index in [1.54, 1.807) is 6.33 Å². The molecule has 1 fully saturated rings. The Balaban J connectivity index is 1.40. The summed E-state index contributed by atoms with van der Waals surface area (Å²) in [5, 5.41) is 1.32. The highest BCUT2D eigenvalue weighted by Gasteiger charge is 2.24. The number of piperidine rings is 1. The lowest BCUT2D eigenvalue weighted by molar-refractivity contribution is 0.0998. The fraction of sp³-hybridized carbons (Fsp3) is 0.308. The van der Waals surface area contributed by atoms with Crippen LogP contribution in [0.2, 0.25) is 5.02 Å². The lowest BCUT2D eigenvalue weighted by atomic mass is 10.1. The fourth-order valence-corrected chi connectivity index (χ4v) is 5.60. The number of halogens is 1. The first-order chi connectivity index (χ1) is 16.9. The molecule has 1 amide bonds. The first kappa shape index (κ1) is 23.7. The Bertz CT molecular complexity index is 1360. The average molecular weight is 511 g/mol. The van der Waals surface area contributed by atoms with Gasteiger partial charge in [-0.15, -0.1) is 11.3 Å². The van der Waals surface area contributed by atoms with Crippen molar-refractivity contribution in [2.45, 2.75) is 32.0 Å². The van der Waals surface area contributed by atoms with Crippen LogP contribution >= 0.6 is 22.9 Å². The van der Waals surface area contributed by atoms with Crippen LogP contribution in [0.4, 0.5) is 0 Å². The largest absolute Gasteiger partial charge is 0.489 e. The van der Waals surface area contributed by atoms with Gasteiger partial charge >= 0.3 is 0 Å². The van der Waals surface area contributed by atoms with E-state index in [0.717, 1.165) is 47.5 Å². The molecule has 2 aromatic carbocycles. The highest BCUT2D eigenvalue weighted by molar-refractivity contribution is 7.16. The van der Waals surface area contributed by atoms with Crippen LogP contribution in [0.15, 0.2) is 54.9 Å². The summed E-state index contributed by atoms with van der Waals surface area (Å²) in [6.45, 7) is 3.91. The quantitative estimate of drug-likeness (QED) is 0.357. The van der Waals surface area contributed by atoms with E-state index in [1.807, 2.05) is 60.0 Å². The van der Waals surface area contributed by atoms with Crippen molar-refractivity contribution in [2.75, 3.05) is 20.1 Å². The van der Waals surface area contributed by atoms with E-state index in [0.29, 0.717) is 21.4 Å². The Morgan fingerprint density at radius 1 is 1.17 bits per heavy atom. The Morgan fingerprint density at radius 2 is 1.94 bits per heavy atom. The van der Waals surface area contributed by atoms with Gasteiger partial charge in [0.1, 0.15) is 39.9 Å². The van der Waals surface area contributed by atoms with Gasteiger partial charge in [0, 0.05) is 24.7 Å². The number of nitrogens with two attached hydrogens (primary N) is 1. The van der Waals surface area contributed by atoms with E-state index in [1.165, 1.54) is 11.3 Å². The number of amides is 1. The van der Waals surface area contributed by atoms with E-state index in [2.05, 4.69) is 16.9 Å². The summed E-state index contributed by atoms with van der Waals surface area (Å²) in [6.07, 6.45) is 3.37. The predicted octanol–water partition coefficient (Wildman–Crippen LogP) is 5.45. The molecule has 2 N–H and O–H groups in total. The Labute approximate surface area is 213 Å². The van der Waals surface area contributed by atoms with Gasteiger partial charge in [0.25, 0.3) is 5.91 Å². The predicted molar refractivity (Wildman–Crippen MR) is 139 cm³/mol. The number of aromatic nitrogens is 2. The van der Waals surface area contributed by atoms with Gasteiger partial charge in [-0.1, -0.05) is 35.9 Å². The number of thiophene rings is 1. The Morgan fingerprint density at radius 3 is 2.71 bits per heavy atom. The maximum absolute atomic E-state index is 12.2. The maximum atomic E-state index is 12.2. The smallest absolute Gasteiger partial charge is 0.262 e. The molecule has 2 aromatic heterocycles. The molecular formula is C26H27ClN4O3S. The van der Waals surface area contributed by atoms with Crippen molar-refractivity contribution in [3.63, 3.8) is 0 Å². The summed E-state index contributed by atoms with van der Waals surface area (Å²) < 4.78 is 14.4. The molecule has 182 valence electrons. The van der Waals surface area contributed by atoms with Gasteiger partial charge in [0.05, 0.1) is 16.1 Å². The third kappa shape index (κ3) is 4.87. The number of hydrogen-bond donors (Lipinski definition) is 1. The van der Waals surface area contributed by atoms with E-state index in [9.17, 15) is 4.79 Å². The van der Waals surface area contributed by atoms with Gasteiger partial charge < -0.3 is 20.1 Å². The summed E-state index contributed by atoms with van der Waals surface area (Å²) in [7, 11) is 2.12. The molecule has 35 heavy (non-hydrogen) atoms. The second-order valence-electron chi connectivity index (χ2n) is 8.79. The molecule has 0 unspecified atom stereocenters. The van der Waals surface area contributed by atoms with Gasteiger partial charge in [-0.2, -0.15) is 0 Å². The normalized spacial score (nSPS) is 15.9. The van der Waals surface area contributed by atoms with E-state index in [-0.39, 0.29) is 6.10 Å². The number of likely N-dealkylation sites (tertiary alicyclic amines) is 1. The van der Waals surface area contributed by atoms with Crippen LogP contribution < -0.4 is 15.2 Å². The zero-order valence-corrected chi connectivity index (χ0v) is 21.2. The van der Waals surface area contributed by atoms with Gasteiger partial charge in [0.15, 0.2) is 0 Å². The van der Waals surface area contributed by atoms with Gasteiger partial charge in [0.2, 0.25) is 0 Å². The molecule has 0 radical (unpaired) electrons. The minimum atomic E-state index is -0.543. The van der Waals surface area contributed by atoms with Crippen LogP contribution in [0.3, 0.4) is 0 Å². The molecule has 0 bridgehead atoms. The highest BCUT2D eigenvalue weighted by Crippen LogP contribution is 2.39. The van der Waals surface area contributed by atoms with Crippen LogP contribution in [0.1, 0.15) is 41.1 Å². The fourth-order valence-electron chi connectivity index (χ4n) is 4.34. The van der Waals surface area contributed by atoms with Crippen molar-refractivity contribution < 1.29 is 14.3 Å². The summed E-state index contributed by atoms with van der Waals surface area (Å²) in [6, 6.07) is 15.3. The first-order valence-corrected chi connectivity index (χ1v) is 12.8. The second kappa shape index (κ2) is 9.89. The van der Waals surface area contributed by atoms with Crippen LogP contribution in [-0.4, -0.2) is 46.6 Å². The molecule has 0 saturated carbocycles. The number of primary amides is 1. The molecule has 4 aromatic rings. The molecule has 0 spiro atoms. The van der Waals surface area contributed by atoms with Crippen molar-refractivity contribution in [2.24, 2.45) is 5.73 Å². The van der Waals surface area contributed by atoms with Crippen molar-refractivity contribution >= 4 is 39.9 Å². The third-order valence-corrected chi connectivity index (χ3v) is 7.83. The number of hydrogen-bond acceptors (Lipinski definition) is 6. The summed E-state index contributed by atoms with van der Waals surface area (Å²) in [5.74, 6) is 0.527. The highest BCUT2D eigenvalue weighted by atomic mass is 35.5. The molecule has 1 saturated heterocycles. The topological polar surface area (TPSA) is 82.6 Å². The van der Waals surface area contributed by atoms with Gasteiger partial charge in [-0.05, 0) is 45.0 Å². The number of rotatable bonds is 7. The van der Waals surface area contributed by atoms with Crippen LogP contribution in [0.25, 0.3) is 16.0 Å². The minimum Gasteiger partial charge on any atom is -0.489 e. The monoisotopic (exact) mass is 510 g/mol. The molecule has 1 aliphatic rings. The zero-order chi connectivity index (χ0) is 24.5. The SMILES string of the molecule is C[C@@H](Oc1cc(-n2cnc3ccccc32)sc1C(N)=O)c1cccc(OC2CCN(C)CC2)c1Cl. The molecule has 3 heterocycles. The molecule has 1 aliphatic heterocycles. The van der Waals surface area contributed by atoms with Gasteiger partial charge in [-0.3, -0.25) is 9.36 Å². The van der Waals surface area contributed by atoms with Crippen molar-refractivity contribution in [1.29, 1.82) is 0 Å². The molecule has 0 aliphatic carbocycles. The molecule has 7 nitrogen and oxygen atoms in total. The standard InChI is InChI=1S/C26H27ClN4O3S/c1-16(18-6-5-9-21(24(18)27)34-17-10-12-30(2)13-11-17)33-22-14-23(35-25(22)26(28)32)31-15-29-19-7-3-4-8-20(19)31/h3-9,14-17H,10-13H2,1-2H3,(H2,28,32)/t16-/m1/s1. The number of carbonyl (C=O) groups excluding carboxylic acids is 1. The third-order valence-electron chi connectivity index (χ3n) is 6.29. The number of nitrogens with zero attached hydrogens (tertiary/aromatic N) is 3. The number of para-hydroxylation sites is 2. The Kier molecular flexibility index (Phi) is 6.69. The van der Waals surface area contributed by atoms with E-state index < -0.39 is 12.0 Å². The van der Waals surface area contributed by atoms with Crippen molar-refractivity contribution in [3.05, 3.63) is 70.3 Å². The number of carbonyl (C=O) groups is 1.